The van der Waals surface area contributed by atoms with Crippen LogP contribution >= 0.6 is 0 Å². The number of nitrogens with zero attached hydrogens (tertiary/aromatic N) is 3. The van der Waals surface area contributed by atoms with Gasteiger partial charge in [0.2, 0.25) is 0 Å². The molecule has 1 saturated heterocycles. The molecule has 2 N–H and O–H groups in total. The van der Waals surface area contributed by atoms with E-state index in [-0.39, 0.29) is 18.1 Å². The second-order valence-electron chi connectivity index (χ2n) is 5.86. The van der Waals surface area contributed by atoms with Gasteiger partial charge in [0.05, 0.1) is 24.4 Å². The summed E-state index contributed by atoms with van der Waals surface area (Å²) in [6, 6.07) is 10.4. The van der Waals surface area contributed by atoms with Gasteiger partial charge in [0.15, 0.2) is 5.69 Å². The molecule has 3 rings (SSSR count). The van der Waals surface area contributed by atoms with E-state index in [1.54, 1.807) is 6.92 Å². The minimum atomic E-state index is -0.231. The molecule has 2 heterocycles. The van der Waals surface area contributed by atoms with E-state index in [9.17, 15) is 4.79 Å². The Morgan fingerprint density at radius 1 is 1.38 bits per heavy atom. The topological polar surface area (TPSA) is 83.1 Å². The highest BCUT2D eigenvalue weighted by Crippen LogP contribution is 2.29. The summed E-state index contributed by atoms with van der Waals surface area (Å²) < 4.78 is 5.97. The first kappa shape index (κ1) is 16.6. The SMILES string of the molecule is CCN1CCO[C@@H](CNC(=O)c2n[nH]nc2C)[C@@H]1c1ccccc1. The van der Waals surface area contributed by atoms with Crippen LogP contribution < -0.4 is 5.32 Å². The molecule has 2 atom stereocenters. The molecule has 1 fully saturated rings. The number of morpholine rings is 1. The van der Waals surface area contributed by atoms with Crippen LogP contribution in [-0.2, 0) is 4.74 Å². The molecule has 1 aliphatic rings. The van der Waals surface area contributed by atoms with Gasteiger partial charge in [0, 0.05) is 13.1 Å². The van der Waals surface area contributed by atoms with Crippen molar-refractivity contribution in [1.82, 2.24) is 25.6 Å². The number of hydrogen-bond donors (Lipinski definition) is 2. The van der Waals surface area contributed by atoms with Gasteiger partial charge in [-0.3, -0.25) is 9.69 Å². The lowest BCUT2D eigenvalue weighted by molar-refractivity contribution is -0.0685. The Balaban J connectivity index is 1.72. The average Bonchev–Trinajstić information content (AvgIpc) is 3.06. The summed E-state index contributed by atoms with van der Waals surface area (Å²) >= 11 is 0. The fourth-order valence-electron chi connectivity index (χ4n) is 3.16. The molecule has 24 heavy (non-hydrogen) atoms. The van der Waals surface area contributed by atoms with E-state index in [0.717, 1.165) is 13.1 Å². The quantitative estimate of drug-likeness (QED) is 0.864. The van der Waals surface area contributed by atoms with E-state index in [1.807, 2.05) is 18.2 Å². The minimum absolute atomic E-state index is 0.0998. The highest BCUT2D eigenvalue weighted by atomic mass is 16.5. The number of carbonyl (C=O) groups is 1. The summed E-state index contributed by atoms with van der Waals surface area (Å²) in [5.41, 5.74) is 2.12. The highest BCUT2D eigenvalue weighted by molar-refractivity contribution is 5.93. The van der Waals surface area contributed by atoms with Gasteiger partial charge >= 0.3 is 0 Å². The van der Waals surface area contributed by atoms with Gasteiger partial charge in [-0.15, -0.1) is 0 Å². The third-order valence-corrected chi connectivity index (χ3v) is 4.40. The molecule has 0 aliphatic carbocycles. The van der Waals surface area contributed by atoms with Gasteiger partial charge in [-0.1, -0.05) is 37.3 Å². The molecular weight excluding hydrogens is 306 g/mol. The third kappa shape index (κ3) is 3.47. The van der Waals surface area contributed by atoms with E-state index in [2.05, 4.69) is 44.7 Å². The molecule has 0 unspecified atom stereocenters. The Labute approximate surface area is 141 Å². The van der Waals surface area contributed by atoms with Gasteiger partial charge in [-0.05, 0) is 19.0 Å². The molecular formula is C17H23N5O2. The van der Waals surface area contributed by atoms with Gasteiger partial charge < -0.3 is 10.1 Å². The van der Waals surface area contributed by atoms with Crippen LogP contribution in [-0.4, -0.2) is 58.6 Å². The second kappa shape index (κ2) is 7.55. The fourth-order valence-corrected chi connectivity index (χ4v) is 3.16. The zero-order chi connectivity index (χ0) is 16.9. The number of carbonyl (C=O) groups excluding carboxylic acids is 1. The summed E-state index contributed by atoms with van der Waals surface area (Å²) in [5.74, 6) is -0.231. The third-order valence-electron chi connectivity index (χ3n) is 4.40. The standard InChI is InChI=1S/C17H23N5O2/c1-3-22-9-10-24-14(16(22)13-7-5-4-6-8-13)11-18-17(23)15-12(2)19-21-20-15/h4-8,14,16H,3,9-11H2,1-2H3,(H,18,23)(H,19,20,21)/t14-,16-/m0/s1. The van der Waals surface area contributed by atoms with Crippen molar-refractivity contribution >= 4 is 5.91 Å². The normalized spacial score (nSPS) is 21.6. The van der Waals surface area contributed by atoms with Gasteiger partial charge in [0.1, 0.15) is 0 Å². The number of H-pyrrole nitrogens is 1. The Kier molecular flexibility index (Phi) is 5.22. The maximum atomic E-state index is 12.3. The minimum Gasteiger partial charge on any atom is -0.373 e. The first-order valence-corrected chi connectivity index (χ1v) is 8.27. The Morgan fingerprint density at radius 2 is 2.17 bits per heavy atom. The van der Waals surface area contributed by atoms with E-state index >= 15 is 0 Å². The van der Waals surface area contributed by atoms with Crippen LogP contribution in [0.25, 0.3) is 0 Å². The Morgan fingerprint density at radius 3 is 2.83 bits per heavy atom. The van der Waals surface area contributed by atoms with Crippen LogP contribution in [0.2, 0.25) is 0 Å². The molecule has 7 nitrogen and oxygen atoms in total. The fraction of sp³-hybridized carbons (Fsp3) is 0.471. The second-order valence-corrected chi connectivity index (χ2v) is 5.86. The van der Waals surface area contributed by atoms with Crippen LogP contribution in [0.4, 0.5) is 0 Å². The van der Waals surface area contributed by atoms with Crippen LogP contribution in [0.15, 0.2) is 30.3 Å². The van der Waals surface area contributed by atoms with Crippen LogP contribution in [0, 0.1) is 6.92 Å². The van der Waals surface area contributed by atoms with Gasteiger partial charge in [-0.2, -0.15) is 15.4 Å². The number of likely N-dealkylation sites (N-methyl/N-ethyl adjacent to an activating group) is 1. The Bertz CT molecular complexity index is 673. The zero-order valence-electron chi connectivity index (χ0n) is 14.0. The first-order valence-electron chi connectivity index (χ1n) is 8.27. The van der Waals surface area contributed by atoms with Crippen molar-refractivity contribution in [3.05, 3.63) is 47.3 Å². The number of hydrogen-bond acceptors (Lipinski definition) is 5. The highest BCUT2D eigenvalue weighted by Gasteiger charge is 2.33. The van der Waals surface area contributed by atoms with Crippen LogP contribution in [0.3, 0.4) is 0 Å². The Hall–Kier alpha value is -2.25. The van der Waals surface area contributed by atoms with Crippen molar-refractivity contribution in [3.63, 3.8) is 0 Å². The number of amides is 1. The molecule has 0 saturated carbocycles. The van der Waals surface area contributed by atoms with Crippen molar-refractivity contribution in [3.8, 4) is 0 Å². The number of rotatable bonds is 5. The molecule has 1 aromatic carbocycles. The lowest BCUT2D eigenvalue weighted by Gasteiger charge is -2.41. The zero-order valence-corrected chi connectivity index (χ0v) is 14.0. The summed E-state index contributed by atoms with van der Waals surface area (Å²) in [4.78, 5) is 14.6. The number of nitrogens with one attached hydrogen (secondary N) is 2. The molecule has 0 spiro atoms. The van der Waals surface area contributed by atoms with Gasteiger partial charge in [0.25, 0.3) is 5.91 Å². The van der Waals surface area contributed by atoms with E-state index in [1.165, 1.54) is 5.56 Å². The molecule has 1 aromatic heterocycles. The molecule has 1 aliphatic heterocycles. The predicted octanol–water partition coefficient (Wildman–Crippen LogP) is 1.30. The lowest BCUT2D eigenvalue weighted by Crippen LogP contribution is -2.49. The number of aromatic nitrogens is 3. The summed E-state index contributed by atoms with van der Waals surface area (Å²) in [6.45, 7) is 6.83. The molecule has 128 valence electrons. The molecule has 0 bridgehead atoms. The smallest absolute Gasteiger partial charge is 0.273 e. The van der Waals surface area contributed by atoms with E-state index < -0.39 is 0 Å². The lowest BCUT2D eigenvalue weighted by atomic mass is 9.98. The van der Waals surface area contributed by atoms with Gasteiger partial charge in [-0.25, -0.2) is 0 Å². The number of aromatic amines is 1. The summed E-state index contributed by atoms with van der Waals surface area (Å²) in [5, 5.41) is 13.2. The van der Waals surface area contributed by atoms with E-state index in [4.69, 9.17) is 4.74 Å². The maximum Gasteiger partial charge on any atom is 0.273 e. The van der Waals surface area contributed by atoms with Crippen LogP contribution in [0.5, 0.6) is 0 Å². The van der Waals surface area contributed by atoms with Crippen molar-refractivity contribution in [2.24, 2.45) is 0 Å². The van der Waals surface area contributed by atoms with Crippen molar-refractivity contribution < 1.29 is 9.53 Å². The number of ether oxygens (including phenoxy) is 1. The number of aryl methyl sites for hydroxylation is 1. The van der Waals surface area contributed by atoms with Crippen LogP contribution in [0.1, 0.15) is 34.7 Å². The predicted molar refractivity (Wildman–Crippen MR) is 89.6 cm³/mol. The average molecular weight is 329 g/mol. The molecule has 0 radical (unpaired) electrons. The first-order chi connectivity index (χ1) is 11.7. The molecule has 1 amide bonds. The largest absolute Gasteiger partial charge is 0.373 e. The number of benzene rings is 1. The van der Waals surface area contributed by atoms with Crippen molar-refractivity contribution in [2.45, 2.75) is 26.0 Å². The summed E-state index contributed by atoms with van der Waals surface area (Å²) in [7, 11) is 0. The van der Waals surface area contributed by atoms with Crippen molar-refractivity contribution in [2.75, 3.05) is 26.2 Å². The van der Waals surface area contributed by atoms with Crippen molar-refractivity contribution in [1.29, 1.82) is 0 Å². The van der Waals surface area contributed by atoms with E-state index in [0.29, 0.717) is 24.5 Å². The summed E-state index contributed by atoms with van der Waals surface area (Å²) in [6.07, 6.45) is -0.0998. The molecule has 2 aromatic rings. The molecule has 7 heteroatoms. The maximum absolute atomic E-state index is 12.3. The monoisotopic (exact) mass is 329 g/mol.